The van der Waals surface area contributed by atoms with Crippen molar-refractivity contribution in [3.05, 3.63) is 26.4 Å². The van der Waals surface area contributed by atoms with Gasteiger partial charge in [0.05, 0.1) is 0 Å². The molecule has 88 valence electrons. The number of H-pyrrole nitrogens is 2. The molecule has 0 saturated heterocycles. The van der Waals surface area contributed by atoms with E-state index in [4.69, 9.17) is 5.73 Å². The zero-order valence-electron chi connectivity index (χ0n) is 8.70. The minimum Gasteiger partial charge on any atom is -0.369 e. The summed E-state index contributed by atoms with van der Waals surface area (Å²) in [5.74, 6) is -0.821. The summed E-state index contributed by atoms with van der Waals surface area (Å²) in [7, 11) is 1.35. The lowest BCUT2D eigenvalue weighted by Crippen LogP contribution is -2.30. The van der Waals surface area contributed by atoms with E-state index >= 15 is 0 Å². The van der Waals surface area contributed by atoms with Crippen molar-refractivity contribution in [2.75, 3.05) is 12.8 Å². The maximum atomic E-state index is 11.5. The lowest BCUT2D eigenvalue weighted by atomic mass is 10.4. The van der Waals surface area contributed by atoms with Crippen LogP contribution in [0.1, 0.15) is 10.5 Å². The van der Waals surface area contributed by atoms with Gasteiger partial charge in [-0.25, -0.2) is 4.98 Å². The minimum atomic E-state index is -0.770. The zero-order valence-corrected chi connectivity index (χ0v) is 8.70. The fourth-order valence-corrected chi connectivity index (χ4v) is 1.27. The number of nitrogens with one attached hydrogen (secondary N) is 3. The van der Waals surface area contributed by atoms with Crippen LogP contribution >= 0.6 is 0 Å². The van der Waals surface area contributed by atoms with Gasteiger partial charge in [-0.05, 0) is 0 Å². The predicted molar refractivity (Wildman–Crippen MR) is 58.6 cm³/mol. The Morgan fingerprint density at radius 1 is 1.24 bits per heavy atom. The average Bonchev–Trinajstić information content (AvgIpc) is 2.28. The van der Waals surface area contributed by atoms with Gasteiger partial charge in [0.15, 0.2) is 16.9 Å². The van der Waals surface area contributed by atoms with Crippen LogP contribution in [0.2, 0.25) is 0 Å². The monoisotopic (exact) mass is 236 g/mol. The van der Waals surface area contributed by atoms with Crippen LogP contribution in [0.4, 0.5) is 5.95 Å². The second-order valence-electron chi connectivity index (χ2n) is 3.14. The van der Waals surface area contributed by atoms with Gasteiger partial charge in [0, 0.05) is 7.05 Å². The first-order valence-corrected chi connectivity index (χ1v) is 4.55. The van der Waals surface area contributed by atoms with E-state index in [2.05, 4.69) is 25.3 Å². The van der Waals surface area contributed by atoms with Gasteiger partial charge < -0.3 is 16.0 Å². The Morgan fingerprint density at radius 3 is 2.59 bits per heavy atom. The second-order valence-corrected chi connectivity index (χ2v) is 3.14. The summed E-state index contributed by atoms with van der Waals surface area (Å²) in [6.07, 6.45) is 0. The second kappa shape index (κ2) is 3.70. The Balaban J connectivity index is 2.85. The Kier molecular flexibility index (Phi) is 2.35. The van der Waals surface area contributed by atoms with Crippen molar-refractivity contribution < 1.29 is 4.79 Å². The highest BCUT2D eigenvalue weighted by Gasteiger charge is 2.14. The fourth-order valence-electron chi connectivity index (χ4n) is 1.27. The Morgan fingerprint density at radius 2 is 1.94 bits per heavy atom. The molecule has 9 nitrogen and oxygen atoms in total. The van der Waals surface area contributed by atoms with Crippen LogP contribution in [0.5, 0.6) is 0 Å². The summed E-state index contributed by atoms with van der Waals surface area (Å²) in [5, 5.41) is 2.25. The molecule has 0 atom stereocenters. The molecule has 0 radical (unpaired) electrons. The molecule has 17 heavy (non-hydrogen) atoms. The summed E-state index contributed by atoms with van der Waals surface area (Å²) in [6.45, 7) is 0. The molecule has 1 amide bonds. The molecule has 0 unspecified atom stereocenters. The number of aromatic nitrogens is 4. The summed E-state index contributed by atoms with van der Waals surface area (Å²) >= 11 is 0. The molecule has 0 saturated carbocycles. The van der Waals surface area contributed by atoms with Gasteiger partial charge in [-0.15, -0.1) is 0 Å². The molecule has 2 heterocycles. The fraction of sp³-hybridized carbons (Fsp3) is 0.125. The van der Waals surface area contributed by atoms with E-state index in [1.807, 2.05) is 0 Å². The molecule has 0 spiro atoms. The van der Waals surface area contributed by atoms with E-state index in [-0.39, 0.29) is 22.8 Å². The Hall–Kier alpha value is -2.71. The summed E-state index contributed by atoms with van der Waals surface area (Å²) < 4.78 is 0. The molecule has 5 N–H and O–H groups in total. The molecule has 0 aliphatic heterocycles. The number of rotatable bonds is 1. The lowest BCUT2D eigenvalue weighted by molar-refractivity contribution is 0.0957. The molecule has 0 aliphatic rings. The third-order valence-corrected chi connectivity index (χ3v) is 2.03. The molecule has 2 aromatic rings. The van der Waals surface area contributed by atoms with Crippen molar-refractivity contribution in [2.45, 2.75) is 0 Å². The number of nitrogen functional groups attached to an aromatic ring is 1. The number of carbonyl (C=O) groups is 1. The minimum absolute atomic E-state index is 0.0931. The van der Waals surface area contributed by atoms with E-state index in [9.17, 15) is 14.4 Å². The molecular formula is C8H8N6O3. The zero-order chi connectivity index (χ0) is 12.6. The van der Waals surface area contributed by atoms with Crippen LogP contribution < -0.4 is 22.2 Å². The SMILES string of the molecule is CNC(=O)c1nc2nc(N)[nH]c(=O)c2[nH]c1=O. The highest BCUT2D eigenvalue weighted by molar-refractivity contribution is 5.93. The summed E-state index contributed by atoms with van der Waals surface area (Å²) in [6, 6.07) is 0. The average molecular weight is 236 g/mol. The van der Waals surface area contributed by atoms with Crippen molar-refractivity contribution in [2.24, 2.45) is 0 Å². The van der Waals surface area contributed by atoms with Gasteiger partial charge in [-0.1, -0.05) is 0 Å². The van der Waals surface area contributed by atoms with E-state index < -0.39 is 17.0 Å². The van der Waals surface area contributed by atoms with E-state index in [0.29, 0.717) is 0 Å². The van der Waals surface area contributed by atoms with Gasteiger partial charge in [-0.3, -0.25) is 19.4 Å². The number of hydrogen-bond donors (Lipinski definition) is 4. The van der Waals surface area contributed by atoms with Crippen LogP contribution in [-0.2, 0) is 0 Å². The van der Waals surface area contributed by atoms with Gasteiger partial charge in [0.2, 0.25) is 5.95 Å². The van der Waals surface area contributed by atoms with Crippen LogP contribution in [-0.4, -0.2) is 32.9 Å². The first-order valence-electron chi connectivity index (χ1n) is 4.55. The van der Waals surface area contributed by atoms with E-state index in [1.54, 1.807) is 0 Å². The molecule has 0 fully saturated rings. The number of aromatic amines is 2. The predicted octanol–water partition coefficient (Wildman–Crippen LogP) is -2.05. The number of fused-ring (bicyclic) bond motifs is 1. The van der Waals surface area contributed by atoms with Crippen LogP contribution in [0.15, 0.2) is 9.59 Å². The van der Waals surface area contributed by atoms with Crippen molar-refractivity contribution in [1.82, 2.24) is 25.3 Å². The van der Waals surface area contributed by atoms with Gasteiger partial charge >= 0.3 is 0 Å². The summed E-state index contributed by atoms with van der Waals surface area (Å²) in [5.41, 5.74) is 3.33. The van der Waals surface area contributed by atoms with Crippen LogP contribution in [0.25, 0.3) is 11.2 Å². The number of nitrogens with zero attached hydrogens (tertiary/aromatic N) is 2. The molecular weight excluding hydrogens is 228 g/mol. The van der Waals surface area contributed by atoms with Crippen molar-refractivity contribution in [3.63, 3.8) is 0 Å². The molecule has 2 aromatic heterocycles. The van der Waals surface area contributed by atoms with Crippen molar-refractivity contribution in [3.8, 4) is 0 Å². The molecule has 9 heteroatoms. The molecule has 0 bridgehead atoms. The third kappa shape index (κ3) is 1.73. The Bertz CT molecular complexity index is 715. The smallest absolute Gasteiger partial charge is 0.280 e. The normalized spacial score (nSPS) is 10.4. The Labute approximate surface area is 93.1 Å². The highest BCUT2D eigenvalue weighted by atomic mass is 16.2. The molecule has 0 aromatic carbocycles. The lowest BCUT2D eigenvalue weighted by Gasteiger charge is -2.00. The maximum absolute atomic E-state index is 11.5. The van der Waals surface area contributed by atoms with Crippen molar-refractivity contribution >= 4 is 23.0 Å². The molecule has 2 rings (SSSR count). The first-order chi connectivity index (χ1) is 8.02. The topological polar surface area (TPSA) is 147 Å². The number of anilines is 1. The van der Waals surface area contributed by atoms with Crippen LogP contribution in [0, 0.1) is 0 Å². The van der Waals surface area contributed by atoms with Crippen molar-refractivity contribution in [1.29, 1.82) is 0 Å². The highest BCUT2D eigenvalue weighted by Crippen LogP contribution is 1.99. The number of nitrogens with two attached hydrogens (primary N) is 1. The standard InChI is InChI=1S/C8H8N6O3/c1-10-5(15)3-7(17)12-2-4(11-3)13-8(9)14-6(2)16/h1H3,(H,10,15)(H,12,17)(H3,9,11,13,14,16). The quantitative estimate of drug-likeness (QED) is 0.448. The molecule has 0 aliphatic carbocycles. The van der Waals surface area contributed by atoms with Crippen LogP contribution in [0.3, 0.4) is 0 Å². The largest absolute Gasteiger partial charge is 0.369 e. The first kappa shape index (κ1) is 10.8. The van der Waals surface area contributed by atoms with Gasteiger partial charge in [0.25, 0.3) is 17.0 Å². The number of carbonyl (C=O) groups excluding carboxylic acids is 1. The third-order valence-electron chi connectivity index (χ3n) is 2.03. The van der Waals surface area contributed by atoms with Gasteiger partial charge in [-0.2, -0.15) is 4.98 Å². The van der Waals surface area contributed by atoms with Gasteiger partial charge in [0.1, 0.15) is 0 Å². The number of amides is 1. The number of hydrogen-bond acceptors (Lipinski definition) is 6. The van der Waals surface area contributed by atoms with E-state index in [0.717, 1.165) is 0 Å². The summed E-state index contributed by atoms with van der Waals surface area (Å²) in [4.78, 5) is 46.1. The van der Waals surface area contributed by atoms with E-state index in [1.165, 1.54) is 7.05 Å². The maximum Gasteiger partial charge on any atom is 0.280 e.